The van der Waals surface area contributed by atoms with Gasteiger partial charge in [0.1, 0.15) is 0 Å². The third kappa shape index (κ3) is 1.92. The fourth-order valence-corrected chi connectivity index (χ4v) is 0.911. The Bertz CT molecular complexity index is 234. The maximum absolute atomic E-state index is 9.16. The maximum atomic E-state index is 9.16. The van der Waals surface area contributed by atoms with Gasteiger partial charge in [-0.2, -0.15) is 0 Å². The normalized spacial score (nSPS) is 12.5. The monoisotopic (exact) mass is 148 g/mol. The average Bonchev–Trinajstić information content (AvgIpc) is 2.05. The van der Waals surface area contributed by atoms with Gasteiger partial charge in [-0.1, -0.05) is 36.9 Å². The highest BCUT2D eigenvalue weighted by atomic mass is 16.3. The predicted molar refractivity (Wildman–Crippen MR) is 47.2 cm³/mol. The Morgan fingerprint density at radius 3 is 2.27 bits per heavy atom. The van der Waals surface area contributed by atoms with E-state index < -0.39 is 0 Å². The van der Waals surface area contributed by atoms with Crippen LogP contribution in [-0.2, 0) is 0 Å². The molecule has 1 aromatic rings. The van der Waals surface area contributed by atoms with Gasteiger partial charge in [0.25, 0.3) is 0 Å². The van der Waals surface area contributed by atoms with Crippen molar-refractivity contribution in [3.63, 3.8) is 0 Å². The summed E-state index contributed by atoms with van der Waals surface area (Å²) in [5.74, 6) is 0. The number of benzene rings is 1. The van der Waals surface area contributed by atoms with Gasteiger partial charge in [0.15, 0.2) is 0 Å². The van der Waals surface area contributed by atoms with Crippen LogP contribution >= 0.6 is 0 Å². The van der Waals surface area contributed by atoms with Gasteiger partial charge in [0.2, 0.25) is 0 Å². The highest BCUT2D eigenvalue weighted by Gasteiger charge is 1.97. The summed E-state index contributed by atoms with van der Waals surface area (Å²) >= 11 is 0. The van der Waals surface area contributed by atoms with Crippen molar-refractivity contribution in [3.8, 4) is 0 Å². The minimum absolute atomic E-state index is 0.381. The van der Waals surface area contributed by atoms with E-state index in [2.05, 4.69) is 6.58 Å². The molecule has 0 aliphatic heterocycles. The van der Waals surface area contributed by atoms with E-state index in [0.29, 0.717) is 0 Å². The van der Waals surface area contributed by atoms with Crippen LogP contribution in [0.1, 0.15) is 24.2 Å². The molecule has 1 heteroatoms. The van der Waals surface area contributed by atoms with E-state index >= 15 is 0 Å². The molecule has 58 valence electrons. The van der Waals surface area contributed by atoms with Crippen LogP contribution in [0.15, 0.2) is 30.8 Å². The molecule has 0 aromatic heterocycles. The van der Waals surface area contributed by atoms with Crippen LogP contribution < -0.4 is 0 Å². The van der Waals surface area contributed by atoms with Crippen molar-refractivity contribution in [2.75, 3.05) is 0 Å². The lowest BCUT2D eigenvalue weighted by atomic mass is 10.1. The lowest BCUT2D eigenvalue weighted by Crippen LogP contribution is -1.89. The van der Waals surface area contributed by atoms with Crippen molar-refractivity contribution < 1.29 is 5.11 Å². The van der Waals surface area contributed by atoms with Gasteiger partial charge in [-0.15, -0.1) is 0 Å². The second-order valence-corrected chi connectivity index (χ2v) is 2.55. The molecule has 1 nitrogen and oxygen atoms in total. The molecule has 0 radical (unpaired) electrons. The van der Waals surface area contributed by atoms with Crippen LogP contribution in [0.2, 0.25) is 0 Å². The van der Waals surface area contributed by atoms with Crippen LogP contribution in [0.3, 0.4) is 0 Å². The number of hydrogen-bond acceptors (Lipinski definition) is 1. The summed E-state index contributed by atoms with van der Waals surface area (Å²) < 4.78 is 0. The molecular formula is C10H12O. The zero-order chi connectivity index (χ0) is 8.27. The minimum atomic E-state index is -0.381. The van der Waals surface area contributed by atoms with Gasteiger partial charge >= 0.3 is 0 Å². The molecule has 0 aliphatic carbocycles. The zero-order valence-electron chi connectivity index (χ0n) is 6.62. The van der Waals surface area contributed by atoms with E-state index in [9.17, 15) is 0 Å². The average molecular weight is 148 g/mol. The Labute approximate surface area is 67.0 Å². The molecule has 0 aliphatic rings. The molecule has 1 N–H and O–H groups in total. The summed E-state index contributed by atoms with van der Waals surface area (Å²) in [5, 5.41) is 9.16. The molecule has 0 saturated heterocycles. The predicted octanol–water partition coefficient (Wildman–Crippen LogP) is 2.38. The zero-order valence-corrected chi connectivity index (χ0v) is 6.62. The first-order valence-corrected chi connectivity index (χ1v) is 3.64. The topological polar surface area (TPSA) is 20.2 Å². The molecule has 1 atom stereocenters. The van der Waals surface area contributed by atoms with Crippen molar-refractivity contribution in [1.82, 2.24) is 0 Å². The molecule has 1 aromatic carbocycles. The summed E-state index contributed by atoms with van der Waals surface area (Å²) in [6.07, 6.45) is 1.40. The SMILES string of the molecule is C=Cc1ccc([C@@H](C)O)cc1. The van der Waals surface area contributed by atoms with Gasteiger partial charge in [-0.3, -0.25) is 0 Å². The summed E-state index contributed by atoms with van der Waals surface area (Å²) in [7, 11) is 0. The third-order valence-corrected chi connectivity index (χ3v) is 1.65. The van der Waals surface area contributed by atoms with Gasteiger partial charge in [0.05, 0.1) is 6.10 Å². The lowest BCUT2D eigenvalue weighted by Gasteiger charge is -2.03. The molecule has 0 saturated carbocycles. The standard InChI is InChI=1S/C10H12O/c1-3-9-4-6-10(7-5-9)8(2)11/h3-8,11H,1H2,2H3/t8-/m1/s1. The van der Waals surface area contributed by atoms with Crippen molar-refractivity contribution in [3.05, 3.63) is 42.0 Å². The molecule has 0 spiro atoms. The lowest BCUT2D eigenvalue weighted by molar-refractivity contribution is 0.199. The Kier molecular flexibility index (Phi) is 2.44. The first-order valence-electron chi connectivity index (χ1n) is 3.64. The van der Waals surface area contributed by atoms with E-state index in [1.165, 1.54) is 0 Å². The molecule has 1 rings (SSSR count). The Morgan fingerprint density at radius 2 is 1.91 bits per heavy atom. The Hall–Kier alpha value is -1.08. The second kappa shape index (κ2) is 3.35. The van der Waals surface area contributed by atoms with E-state index in [-0.39, 0.29) is 6.10 Å². The smallest absolute Gasteiger partial charge is 0.0761 e. The van der Waals surface area contributed by atoms with Crippen molar-refractivity contribution in [2.24, 2.45) is 0 Å². The molecular weight excluding hydrogens is 136 g/mol. The summed E-state index contributed by atoms with van der Waals surface area (Å²) in [4.78, 5) is 0. The fraction of sp³-hybridized carbons (Fsp3) is 0.200. The van der Waals surface area contributed by atoms with E-state index in [1.807, 2.05) is 24.3 Å². The Morgan fingerprint density at radius 1 is 1.36 bits per heavy atom. The molecule has 0 fully saturated rings. The summed E-state index contributed by atoms with van der Waals surface area (Å²) in [6, 6.07) is 7.69. The summed E-state index contributed by atoms with van der Waals surface area (Å²) in [6.45, 7) is 5.40. The molecule has 0 amide bonds. The van der Waals surface area contributed by atoms with Crippen LogP contribution in [-0.4, -0.2) is 5.11 Å². The fourth-order valence-electron chi connectivity index (χ4n) is 0.911. The van der Waals surface area contributed by atoms with Crippen molar-refractivity contribution in [1.29, 1.82) is 0 Å². The van der Waals surface area contributed by atoms with Gasteiger partial charge in [-0.25, -0.2) is 0 Å². The third-order valence-electron chi connectivity index (χ3n) is 1.65. The van der Waals surface area contributed by atoms with Crippen LogP contribution in [0, 0.1) is 0 Å². The number of aliphatic hydroxyl groups excluding tert-OH is 1. The van der Waals surface area contributed by atoms with Crippen molar-refractivity contribution in [2.45, 2.75) is 13.0 Å². The van der Waals surface area contributed by atoms with Crippen LogP contribution in [0.25, 0.3) is 6.08 Å². The number of aliphatic hydroxyl groups is 1. The van der Waals surface area contributed by atoms with Gasteiger partial charge in [-0.05, 0) is 18.1 Å². The highest BCUT2D eigenvalue weighted by molar-refractivity contribution is 5.47. The van der Waals surface area contributed by atoms with Gasteiger partial charge < -0.3 is 5.11 Å². The first kappa shape index (κ1) is 8.02. The van der Waals surface area contributed by atoms with E-state index in [0.717, 1.165) is 11.1 Å². The minimum Gasteiger partial charge on any atom is -0.389 e. The number of hydrogen-bond donors (Lipinski definition) is 1. The van der Waals surface area contributed by atoms with Crippen LogP contribution in [0.5, 0.6) is 0 Å². The Balaban J connectivity index is 2.91. The van der Waals surface area contributed by atoms with E-state index in [4.69, 9.17) is 5.11 Å². The highest BCUT2D eigenvalue weighted by Crippen LogP contribution is 2.12. The summed E-state index contributed by atoms with van der Waals surface area (Å²) in [5.41, 5.74) is 2.02. The molecule has 0 unspecified atom stereocenters. The van der Waals surface area contributed by atoms with Gasteiger partial charge in [0, 0.05) is 0 Å². The van der Waals surface area contributed by atoms with Crippen LogP contribution in [0.4, 0.5) is 0 Å². The molecule has 0 bridgehead atoms. The quantitative estimate of drug-likeness (QED) is 0.682. The van der Waals surface area contributed by atoms with E-state index in [1.54, 1.807) is 13.0 Å². The largest absolute Gasteiger partial charge is 0.389 e. The maximum Gasteiger partial charge on any atom is 0.0761 e. The first-order chi connectivity index (χ1) is 5.24. The molecule has 11 heavy (non-hydrogen) atoms. The number of rotatable bonds is 2. The van der Waals surface area contributed by atoms with Crippen molar-refractivity contribution >= 4 is 6.08 Å². The molecule has 0 heterocycles. The second-order valence-electron chi connectivity index (χ2n) is 2.55.